The third-order valence-corrected chi connectivity index (χ3v) is 2.51. The summed E-state index contributed by atoms with van der Waals surface area (Å²) in [7, 11) is 0. The molecule has 0 spiro atoms. The molecule has 0 N–H and O–H groups in total. The first-order valence-corrected chi connectivity index (χ1v) is 5.96. The van der Waals surface area contributed by atoms with E-state index in [1.165, 1.54) is 0 Å². The number of carbonyl (C=O) groups is 1. The number of carbonyl (C=O) groups excluding carboxylic acids is 1. The fourth-order valence-corrected chi connectivity index (χ4v) is 1.89. The normalized spacial score (nSPS) is 26.4. The average Bonchev–Trinajstić information content (AvgIpc) is 2.23. The fraction of sp³-hybridized carbons (Fsp3) is 0.769. The highest BCUT2D eigenvalue weighted by molar-refractivity contribution is 5.69. The second-order valence-corrected chi connectivity index (χ2v) is 5.79. The zero-order valence-corrected chi connectivity index (χ0v) is 11.0. The van der Waals surface area contributed by atoms with E-state index in [0.29, 0.717) is 11.8 Å². The largest absolute Gasteiger partial charge is 0.443 e. The van der Waals surface area contributed by atoms with Crippen LogP contribution in [0.2, 0.25) is 0 Å². The number of ether oxygens (including phenoxy) is 1. The van der Waals surface area contributed by atoms with Crippen molar-refractivity contribution in [2.75, 3.05) is 6.54 Å². The van der Waals surface area contributed by atoms with Crippen LogP contribution in [0.4, 0.5) is 4.79 Å². The van der Waals surface area contributed by atoms with Crippen LogP contribution in [0.15, 0.2) is 12.3 Å². The van der Waals surface area contributed by atoms with Crippen molar-refractivity contribution >= 4 is 6.09 Å². The van der Waals surface area contributed by atoms with E-state index in [-0.39, 0.29) is 6.09 Å². The van der Waals surface area contributed by atoms with Crippen LogP contribution >= 0.6 is 0 Å². The van der Waals surface area contributed by atoms with Crippen LogP contribution < -0.4 is 0 Å². The minimum Gasteiger partial charge on any atom is -0.443 e. The van der Waals surface area contributed by atoms with Crippen molar-refractivity contribution in [3.63, 3.8) is 0 Å². The third-order valence-electron chi connectivity index (χ3n) is 2.51. The first kappa shape index (κ1) is 13.1. The Hall–Kier alpha value is -0.990. The van der Waals surface area contributed by atoms with E-state index < -0.39 is 5.60 Å². The smallest absolute Gasteiger partial charge is 0.414 e. The topological polar surface area (TPSA) is 29.5 Å². The predicted molar refractivity (Wildman–Crippen MR) is 65.0 cm³/mol. The average molecular weight is 225 g/mol. The second-order valence-electron chi connectivity index (χ2n) is 5.79. The summed E-state index contributed by atoms with van der Waals surface area (Å²) in [6.45, 7) is 10.7. The van der Waals surface area contributed by atoms with Crippen molar-refractivity contribution in [3.8, 4) is 0 Å². The lowest BCUT2D eigenvalue weighted by Crippen LogP contribution is -2.35. The maximum absolute atomic E-state index is 11.9. The van der Waals surface area contributed by atoms with Crippen molar-refractivity contribution in [2.45, 2.75) is 46.6 Å². The molecule has 92 valence electrons. The molecule has 1 heterocycles. The van der Waals surface area contributed by atoms with Crippen molar-refractivity contribution < 1.29 is 9.53 Å². The van der Waals surface area contributed by atoms with E-state index in [9.17, 15) is 4.79 Å². The Morgan fingerprint density at radius 2 is 2.00 bits per heavy atom. The van der Waals surface area contributed by atoms with Crippen LogP contribution in [-0.2, 0) is 4.74 Å². The van der Waals surface area contributed by atoms with Gasteiger partial charge in [0.1, 0.15) is 5.60 Å². The van der Waals surface area contributed by atoms with Gasteiger partial charge in [0.05, 0.1) is 0 Å². The minimum absolute atomic E-state index is 0.246. The molecule has 0 fully saturated rings. The highest BCUT2D eigenvalue weighted by Gasteiger charge is 2.24. The van der Waals surface area contributed by atoms with Gasteiger partial charge in [0.2, 0.25) is 0 Å². The Morgan fingerprint density at radius 1 is 1.38 bits per heavy atom. The molecule has 0 aliphatic carbocycles. The quantitative estimate of drug-likeness (QED) is 0.632. The van der Waals surface area contributed by atoms with Gasteiger partial charge in [0.15, 0.2) is 0 Å². The number of allylic oxidation sites excluding steroid dienone is 1. The number of amides is 1. The highest BCUT2D eigenvalue weighted by atomic mass is 16.6. The van der Waals surface area contributed by atoms with Crippen LogP contribution in [0.3, 0.4) is 0 Å². The summed E-state index contributed by atoms with van der Waals surface area (Å²) in [5, 5.41) is 0. The van der Waals surface area contributed by atoms with Gasteiger partial charge < -0.3 is 4.74 Å². The van der Waals surface area contributed by atoms with Gasteiger partial charge in [0.25, 0.3) is 0 Å². The minimum atomic E-state index is -0.425. The standard InChI is InChI=1S/C13H23NO2/c1-10-6-7-14(9-11(2)8-10)12(15)16-13(3,4)5/h6-7,10-11H,8-9H2,1-5H3/t10?,11-/m0/s1. The molecule has 0 aromatic carbocycles. The lowest BCUT2D eigenvalue weighted by atomic mass is 9.99. The summed E-state index contributed by atoms with van der Waals surface area (Å²) in [6, 6.07) is 0. The molecular weight excluding hydrogens is 202 g/mol. The molecule has 0 aromatic rings. The van der Waals surface area contributed by atoms with Crippen LogP contribution in [0, 0.1) is 11.8 Å². The summed E-state index contributed by atoms with van der Waals surface area (Å²) in [5.41, 5.74) is -0.425. The molecule has 1 unspecified atom stereocenters. The first-order chi connectivity index (χ1) is 7.28. The number of rotatable bonds is 0. The van der Waals surface area contributed by atoms with Crippen LogP contribution in [0.1, 0.15) is 41.0 Å². The molecule has 0 bridgehead atoms. The maximum atomic E-state index is 11.9. The van der Waals surface area contributed by atoms with Gasteiger partial charge in [-0.1, -0.05) is 19.9 Å². The van der Waals surface area contributed by atoms with Gasteiger partial charge in [-0.05, 0) is 39.0 Å². The predicted octanol–water partition coefficient (Wildman–Crippen LogP) is 3.41. The van der Waals surface area contributed by atoms with Crippen molar-refractivity contribution in [1.29, 1.82) is 0 Å². The lowest BCUT2D eigenvalue weighted by Gasteiger charge is -2.25. The molecule has 3 heteroatoms. The maximum Gasteiger partial charge on any atom is 0.414 e. The zero-order valence-electron chi connectivity index (χ0n) is 11.0. The molecule has 1 aliphatic heterocycles. The van der Waals surface area contributed by atoms with Crippen LogP contribution in [0.5, 0.6) is 0 Å². The summed E-state index contributed by atoms with van der Waals surface area (Å²) in [5.74, 6) is 1.04. The summed E-state index contributed by atoms with van der Waals surface area (Å²) >= 11 is 0. The van der Waals surface area contributed by atoms with Gasteiger partial charge in [-0.3, -0.25) is 4.90 Å². The highest BCUT2D eigenvalue weighted by Crippen LogP contribution is 2.20. The SMILES string of the molecule is CC1C=CN(C(=O)OC(C)(C)C)C[C@@H](C)C1. The van der Waals surface area contributed by atoms with Gasteiger partial charge in [-0.2, -0.15) is 0 Å². The molecule has 3 nitrogen and oxygen atoms in total. The van der Waals surface area contributed by atoms with Crippen molar-refractivity contribution in [2.24, 2.45) is 11.8 Å². The molecule has 0 aromatic heterocycles. The van der Waals surface area contributed by atoms with E-state index >= 15 is 0 Å². The van der Waals surface area contributed by atoms with Crippen molar-refractivity contribution in [3.05, 3.63) is 12.3 Å². The van der Waals surface area contributed by atoms with Gasteiger partial charge in [-0.25, -0.2) is 4.79 Å². The molecule has 1 aliphatic rings. The molecule has 16 heavy (non-hydrogen) atoms. The van der Waals surface area contributed by atoms with E-state index in [2.05, 4.69) is 19.9 Å². The van der Waals surface area contributed by atoms with Gasteiger partial charge in [-0.15, -0.1) is 0 Å². The summed E-state index contributed by atoms with van der Waals surface area (Å²) in [4.78, 5) is 13.6. The molecule has 0 saturated heterocycles. The Morgan fingerprint density at radius 3 is 2.56 bits per heavy atom. The lowest BCUT2D eigenvalue weighted by molar-refractivity contribution is 0.0318. The number of hydrogen-bond acceptors (Lipinski definition) is 2. The molecule has 2 atom stereocenters. The molecular formula is C13H23NO2. The van der Waals surface area contributed by atoms with Gasteiger partial charge >= 0.3 is 6.09 Å². The Labute approximate surface area is 98.5 Å². The number of hydrogen-bond donors (Lipinski definition) is 0. The Balaban J connectivity index is 2.65. The fourth-order valence-electron chi connectivity index (χ4n) is 1.89. The van der Waals surface area contributed by atoms with Crippen LogP contribution in [0.25, 0.3) is 0 Å². The van der Waals surface area contributed by atoms with Crippen LogP contribution in [-0.4, -0.2) is 23.1 Å². The van der Waals surface area contributed by atoms with E-state index in [1.807, 2.05) is 27.0 Å². The summed E-state index contributed by atoms with van der Waals surface area (Å²) < 4.78 is 5.35. The monoisotopic (exact) mass is 225 g/mol. The Kier molecular flexibility index (Phi) is 4.00. The van der Waals surface area contributed by atoms with Crippen molar-refractivity contribution in [1.82, 2.24) is 4.90 Å². The summed E-state index contributed by atoms with van der Waals surface area (Å²) in [6.07, 6.45) is 4.82. The third kappa shape index (κ3) is 4.25. The molecule has 1 rings (SSSR count). The van der Waals surface area contributed by atoms with E-state index in [1.54, 1.807) is 4.90 Å². The molecule has 0 radical (unpaired) electrons. The van der Waals surface area contributed by atoms with E-state index in [4.69, 9.17) is 4.74 Å². The molecule has 1 amide bonds. The van der Waals surface area contributed by atoms with E-state index in [0.717, 1.165) is 13.0 Å². The second kappa shape index (κ2) is 4.89. The van der Waals surface area contributed by atoms with Gasteiger partial charge in [0, 0.05) is 12.7 Å². The first-order valence-electron chi connectivity index (χ1n) is 5.96. The Bertz CT molecular complexity index is 278. The molecule has 0 saturated carbocycles. The zero-order chi connectivity index (χ0) is 12.3. The number of nitrogens with zero attached hydrogens (tertiary/aromatic N) is 1.